The van der Waals surface area contributed by atoms with E-state index in [2.05, 4.69) is 5.32 Å². The number of halogens is 2. The highest BCUT2D eigenvalue weighted by molar-refractivity contribution is 6.33. The van der Waals surface area contributed by atoms with Crippen molar-refractivity contribution in [3.05, 3.63) is 63.7 Å². The molecule has 1 amide bonds. The van der Waals surface area contributed by atoms with Gasteiger partial charge in [0.25, 0.3) is 5.91 Å². The SMILES string of the molecule is COC(=O)[C@H]1CN(C(=O)C(C)Oc2ccc3c(-c4ccc(F)cc4Cl)cc(=O)oc3c2)CCN1. The summed E-state index contributed by atoms with van der Waals surface area (Å²) in [6, 6.07) is 9.44. The number of methoxy groups -OCH3 is 1. The number of ether oxygens (including phenoxy) is 2. The van der Waals surface area contributed by atoms with Crippen LogP contribution in [0.4, 0.5) is 4.39 Å². The van der Waals surface area contributed by atoms with Crippen LogP contribution in [-0.2, 0) is 14.3 Å². The maximum Gasteiger partial charge on any atom is 0.336 e. The van der Waals surface area contributed by atoms with Crippen molar-refractivity contribution in [3.63, 3.8) is 0 Å². The van der Waals surface area contributed by atoms with E-state index in [0.29, 0.717) is 35.4 Å². The summed E-state index contributed by atoms with van der Waals surface area (Å²) in [5, 5.41) is 3.74. The number of piperazine rings is 1. The molecule has 3 aromatic rings. The first-order chi connectivity index (χ1) is 16.3. The molecular weight excluding hydrogens is 467 g/mol. The second-order valence-electron chi connectivity index (χ2n) is 7.84. The fourth-order valence-corrected chi connectivity index (χ4v) is 4.18. The maximum absolute atomic E-state index is 13.5. The average Bonchev–Trinajstić information content (AvgIpc) is 2.82. The second kappa shape index (κ2) is 9.82. The molecule has 178 valence electrons. The van der Waals surface area contributed by atoms with Crippen molar-refractivity contribution in [2.45, 2.75) is 19.1 Å². The molecule has 0 bridgehead atoms. The lowest BCUT2D eigenvalue weighted by atomic mass is 10.0. The number of nitrogens with zero attached hydrogens (tertiary/aromatic N) is 1. The molecule has 2 atom stereocenters. The molecule has 2 aromatic carbocycles. The van der Waals surface area contributed by atoms with Gasteiger partial charge in [-0.1, -0.05) is 11.6 Å². The van der Waals surface area contributed by atoms with Crippen molar-refractivity contribution in [2.24, 2.45) is 0 Å². The Balaban J connectivity index is 1.57. The summed E-state index contributed by atoms with van der Waals surface area (Å²) in [6.07, 6.45) is -0.852. The first-order valence-corrected chi connectivity index (χ1v) is 10.9. The van der Waals surface area contributed by atoms with E-state index in [1.54, 1.807) is 24.0 Å². The lowest BCUT2D eigenvalue weighted by Crippen LogP contribution is -2.57. The van der Waals surface area contributed by atoms with Crippen LogP contribution in [0.5, 0.6) is 5.75 Å². The molecule has 1 fully saturated rings. The van der Waals surface area contributed by atoms with E-state index in [1.165, 1.54) is 37.4 Å². The Labute approximate surface area is 199 Å². The number of nitrogens with one attached hydrogen (secondary N) is 1. The topological polar surface area (TPSA) is 98.1 Å². The van der Waals surface area contributed by atoms with Crippen LogP contribution in [0, 0.1) is 5.82 Å². The number of esters is 1. The number of benzene rings is 2. The molecule has 1 aromatic heterocycles. The molecule has 10 heteroatoms. The molecule has 1 N–H and O–H groups in total. The number of rotatable bonds is 5. The highest BCUT2D eigenvalue weighted by atomic mass is 35.5. The van der Waals surface area contributed by atoms with E-state index in [0.717, 1.165) is 0 Å². The van der Waals surface area contributed by atoms with Crippen molar-refractivity contribution in [1.82, 2.24) is 10.2 Å². The largest absolute Gasteiger partial charge is 0.481 e. The van der Waals surface area contributed by atoms with Gasteiger partial charge in [-0.2, -0.15) is 0 Å². The third kappa shape index (κ3) is 4.90. The Bertz CT molecular complexity index is 1310. The molecule has 0 spiro atoms. The Kier molecular flexibility index (Phi) is 6.85. The minimum Gasteiger partial charge on any atom is -0.481 e. The smallest absolute Gasteiger partial charge is 0.336 e. The number of carbonyl (C=O) groups is 2. The molecule has 34 heavy (non-hydrogen) atoms. The summed E-state index contributed by atoms with van der Waals surface area (Å²) in [5.41, 5.74) is 0.588. The molecule has 1 aliphatic rings. The zero-order chi connectivity index (χ0) is 24.4. The van der Waals surface area contributed by atoms with E-state index in [4.69, 9.17) is 25.5 Å². The highest BCUT2D eigenvalue weighted by Gasteiger charge is 2.31. The number of carbonyl (C=O) groups excluding carboxylic acids is 2. The van der Waals surface area contributed by atoms with E-state index < -0.39 is 29.6 Å². The summed E-state index contributed by atoms with van der Waals surface area (Å²) >= 11 is 6.19. The van der Waals surface area contributed by atoms with E-state index in [9.17, 15) is 18.8 Å². The summed E-state index contributed by atoms with van der Waals surface area (Å²) in [5.74, 6) is -0.896. The van der Waals surface area contributed by atoms with E-state index in [1.807, 2.05) is 0 Å². The van der Waals surface area contributed by atoms with Gasteiger partial charge in [0.05, 0.1) is 12.1 Å². The van der Waals surface area contributed by atoms with Crippen LogP contribution >= 0.6 is 11.6 Å². The van der Waals surface area contributed by atoms with Crippen LogP contribution in [0.2, 0.25) is 5.02 Å². The first kappa shape index (κ1) is 23.7. The summed E-state index contributed by atoms with van der Waals surface area (Å²) in [4.78, 5) is 38.4. The van der Waals surface area contributed by atoms with E-state index in [-0.39, 0.29) is 23.1 Å². The molecule has 4 rings (SSSR count). The van der Waals surface area contributed by atoms with Gasteiger partial charge >= 0.3 is 11.6 Å². The predicted octanol–water partition coefficient (Wildman–Crippen LogP) is 2.99. The third-order valence-corrected chi connectivity index (χ3v) is 5.88. The molecule has 8 nitrogen and oxygen atoms in total. The molecular formula is C24H22ClFN2O6. The summed E-state index contributed by atoms with van der Waals surface area (Å²) < 4.78 is 29.4. The maximum atomic E-state index is 13.5. The molecule has 1 unspecified atom stereocenters. The van der Waals surface area contributed by atoms with Gasteiger partial charge in [0.1, 0.15) is 23.2 Å². The van der Waals surface area contributed by atoms with Gasteiger partial charge in [0.15, 0.2) is 6.10 Å². The molecule has 0 saturated carbocycles. The minimum absolute atomic E-state index is 0.160. The Hall–Kier alpha value is -3.43. The van der Waals surface area contributed by atoms with Crippen molar-refractivity contribution in [2.75, 3.05) is 26.7 Å². The Morgan fingerprint density at radius 3 is 2.74 bits per heavy atom. The van der Waals surface area contributed by atoms with Crippen molar-refractivity contribution in [3.8, 4) is 16.9 Å². The predicted molar refractivity (Wildman–Crippen MR) is 123 cm³/mol. The van der Waals surface area contributed by atoms with Crippen LogP contribution in [0.25, 0.3) is 22.1 Å². The third-order valence-electron chi connectivity index (χ3n) is 5.57. The van der Waals surface area contributed by atoms with Crippen molar-refractivity contribution in [1.29, 1.82) is 0 Å². The number of hydrogen-bond acceptors (Lipinski definition) is 7. The monoisotopic (exact) mass is 488 g/mol. The quantitative estimate of drug-likeness (QED) is 0.435. The molecule has 2 heterocycles. The second-order valence-corrected chi connectivity index (χ2v) is 8.24. The molecule has 1 aliphatic heterocycles. The molecule has 0 radical (unpaired) electrons. The normalized spacial score (nSPS) is 16.8. The van der Waals surface area contributed by atoms with Gasteiger partial charge in [0, 0.05) is 48.3 Å². The number of fused-ring (bicyclic) bond motifs is 1. The first-order valence-electron chi connectivity index (χ1n) is 10.6. The summed E-state index contributed by atoms with van der Waals surface area (Å²) in [6.45, 7) is 2.66. The molecule has 1 saturated heterocycles. The van der Waals surface area contributed by atoms with Crippen LogP contribution in [0.3, 0.4) is 0 Å². The Morgan fingerprint density at radius 1 is 1.21 bits per heavy atom. The van der Waals surface area contributed by atoms with Gasteiger partial charge in [-0.05, 0) is 37.3 Å². The average molecular weight is 489 g/mol. The van der Waals surface area contributed by atoms with Gasteiger partial charge < -0.3 is 24.1 Å². The van der Waals surface area contributed by atoms with Crippen molar-refractivity contribution < 1.29 is 27.9 Å². The van der Waals surface area contributed by atoms with Gasteiger partial charge in [0.2, 0.25) is 0 Å². The van der Waals surface area contributed by atoms with E-state index >= 15 is 0 Å². The van der Waals surface area contributed by atoms with Crippen LogP contribution in [0.15, 0.2) is 51.7 Å². The lowest BCUT2D eigenvalue weighted by molar-refractivity contribution is -0.147. The lowest BCUT2D eigenvalue weighted by Gasteiger charge is -2.33. The van der Waals surface area contributed by atoms with Crippen LogP contribution < -0.4 is 15.7 Å². The fourth-order valence-electron chi connectivity index (χ4n) is 3.91. The minimum atomic E-state index is -0.852. The standard InChI is InChI=1S/C24H22ClFN2O6/c1-13(23(30)28-8-7-27-20(12-28)24(31)32-2)33-15-4-6-17-18(11-22(29)34-21(17)10-15)16-5-3-14(26)9-19(16)25/h3-6,9-11,13,20,27H,7-8,12H2,1-2H3/t13?,20-/m1/s1. The van der Waals surface area contributed by atoms with Crippen molar-refractivity contribution >= 4 is 34.4 Å². The van der Waals surface area contributed by atoms with Crippen LogP contribution in [-0.4, -0.2) is 55.7 Å². The fraction of sp³-hybridized carbons (Fsp3) is 0.292. The zero-order valence-electron chi connectivity index (χ0n) is 18.5. The van der Waals surface area contributed by atoms with Crippen LogP contribution in [0.1, 0.15) is 6.92 Å². The zero-order valence-corrected chi connectivity index (χ0v) is 19.2. The van der Waals surface area contributed by atoms with Gasteiger partial charge in [-0.15, -0.1) is 0 Å². The summed E-state index contributed by atoms with van der Waals surface area (Å²) in [7, 11) is 1.30. The molecule has 0 aliphatic carbocycles. The Morgan fingerprint density at radius 2 is 2.00 bits per heavy atom. The number of amides is 1. The van der Waals surface area contributed by atoms with Gasteiger partial charge in [-0.25, -0.2) is 9.18 Å². The van der Waals surface area contributed by atoms with Gasteiger partial charge in [-0.3, -0.25) is 9.59 Å². The highest BCUT2D eigenvalue weighted by Crippen LogP contribution is 2.34. The number of hydrogen-bond donors (Lipinski definition) is 1.